The maximum atomic E-state index is 12.2. The molecule has 176 valence electrons. The van der Waals surface area contributed by atoms with Crippen LogP contribution in [0.4, 0.5) is 24.5 Å². The first-order chi connectivity index (χ1) is 15.4. The van der Waals surface area contributed by atoms with Gasteiger partial charge in [0.25, 0.3) is 17.5 Å². The number of hydrogen-bond acceptors (Lipinski definition) is 7. The van der Waals surface area contributed by atoms with E-state index in [1.807, 2.05) is 0 Å². The molecule has 33 heavy (non-hydrogen) atoms. The number of benzene rings is 2. The fraction of sp³-hybridized carbons (Fsp3) is 0.250. The van der Waals surface area contributed by atoms with Crippen LogP contribution in [0.3, 0.4) is 0 Å². The number of ether oxygens (including phenoxy) is 2. The maximum absolute atomic E-state index is 12.2. The zero-order valence-corrected chi connectivity index (χ0v) is 17.2. The lowest BCUT2D eigenvalue weighted by Crippen LogP contribution is -2.42. The van der Waals surface area contributed by atoms with Gasteiger partial charge in [0.2, 0.25) is 0 Å². The minimum atomic E-state index is -4.85. The van der Waals surface area contributed by atoms with Crippen LogP contribution in [0, 0.1) is 10.1 Å². The van der Waals surface area contributed by atoms with Crippen molar-refractivity contribution in [1.29, 1.82) is 0 Å². The standard InChI is InChI=1S/C20H18F3N3O7/c1-11(24-18(28)13-4-3-5-15(10-13)26(30)31)19(29)32-12(2)17(27)25-14-6-8-16(9-7-14)33-20(21,22)23/h3-12H,1-2H3,(H,24,28)(H,25,27)/t11-,12?/m0/s1. The molecule has 13 heteroatoms. The van der Waals surface area contributed by atoms with Crippen molar-refractivity contribution in [3.05, 3.63) is 64.2 Å². The Morgan fingerprint density at radius 2 is 1.70 bits per heavy atom. The third kappa shape index (κ3) is 7.79. The number of anilines is 1. The van der Waals surface area contributed by atoms with Crippen molar-refractivity contribution in [2.45, 2.75) is 32.4 Å². The molecule has 0 fully saturated rings. The highest BCUT2D eigenvalue weighted by atomic mass is 19.4. The second kappa shape index (κ2) is 10.4. The molecule has 2 N–H and O–H groups in total. The lowest BCUT2D eigenvalue weighted by atomic mass is 10.2. The number of alkyl halides is 3. The number of non-ortho nitro benzene ring substituents is 1. The Labute approximate surface area is 184 Å². The summed E-state index contributed by atoms with van der Waals surface area (Å²) < 4.78 is 45.2. The lowest BCUT2D eigenvalue weighted by Gasteiger charge is -2.18. The van der Waals surface area contributed by atoms with Gasteiger partial charge in [-0.2, -0.15) is 0 Å². The predicted octanol–water partition coefficient (Wildman–Crippen LogP) is 3.18. The fourth-order valence-electron chi connectivity index (χ4n) is 2.41. The van der Waals surface area contributed by atoms with Crippen LogP contribution in [0.15, 0.2) is 48.5 Å². The maximum Gasteiger partial charge on any atom is 0.573 e. The van der Waals surface area contributed by atoms with Gasteiger partial charge in [0.05, 0.1) is 4.92 Å². The molecular formula is C20H18F3N3O7. The first kappa shape index (κ1) is 25.1. The van der Waals surface area contributed by atoms with Crippen molar-refractivity contribution in [1.82, 2.24) is 5.32 Å². The second-order valence-electron chi connectivity index (χ2n) is 6.64. The Morgan fingerprint density at radius 1 is 1.06 bits per heavy atom. The second-order valence-corrected chi connectivity index (χ2v) is 6.64. The highest BCUT2D eigenvalue weighted by Gasteiger charge is 2.31. The fourth-order valence-corrected chi connectivity index (χ4v) is 2.41. The number of carbonyl (C=O) groups is 3. The first-order valence-electron chi connectivity index (χ1n) is 9.28. The largest absolute Gasteiger partial charge is 0.573 e. The number of halogens is 3. The van der Waals surface area contributed by atoms with E-state index in [0.29, 0.717) is 0 Å². The number of nitrogens with zero attached hydrogens (tertiary/aromatic N) is 1. The molecule has 0 heterocycles. The molecule has 1 unspecified atom stereocenters. The van der Waals surface area contributed by atoms with Gasteiger partial charge in [-0.3, -0.25) is 19.7 Å². The van der Waals surface area contributed by atoms with Gasteiger partial charge in [-0.25, -0.2) is 4.79 Å². The minimum absolute atomic E-state index is 0.0485. The highest BCUT2D eigenvalue weighted by molar-refractivity contribution is 5.98. The number of esters is 1. The van der Waals surface area contributed by atoms with Crippen LogP contribution in [-0.2, 0) is 14.3 Å². The van der Waals surface area contributed by atoms with Crippen LogP contribution in [-0.4, -0.2) is 41.2 Å². The molecule has 0 bridgehead atoms. The zero-order chi connectivity index (χ0) is 24.8. The minimum Gasteiger partial charge on any atom is -0.451 e. The van der Waals surface area contributed by atoms with Crippen LogP contribution in [0.5, 0.6) is 5.75 Å². The Kier molecular flexibility index (Phi) is 7.94. The molecule has 0 aromatic heterocycles. The zero-order valence-electron chi connectivity index (χ0n) is 17.2. The number of nitro groups is 1. The third-order valence-electron chi connectivity index (χ3n) is 4.04. The molecular weight excluding hydrogens is 451 g/mol. The van der Waals surface area contributed by atoms with Gasteiger partial charge < -0.3 is 20.1 Å². The van der Waals surface area contributed by atoms with E-state index in [9.17, 15) is 37.7 Å². The molecule has 2 aromatic rings. The SMILES string of the molecule is CC(OC(=O)[C@H](C)NC(=O)c1cccc([N+](=O)[O-])c1)C(=O)Nc1ccc(OC(F)(F)F)cc1. The Morgan fingerprint density at radius 3 is 2.27 bits per heavy atom. The molecule has 2 aromatic carbocycles. The van der Waals surface area contributed by atoms with Gasteiger partial charge >= 0.3 is 12.3 Å². The number of amides is 2. The summed E-state index contributed by atoms with van der Waals surface area (Å²) in [7, 11) is 0. The molecule has 0 radical (unpaired) electrons. The van der Waals surface area contributed by atoms with E-state index in [1.54, 1.807) is 0 Å². The summed E-state index contributed by atoms with van der Waals surface area (Å²) >= 11 is 0. The van der Waals surface area contributed by atoms with Crippen molar-refractivity contribution in [3.63, 3.8) is 0 Å². The molecule has 0 saturated carbocycles. The van der Waals surface area contributed by atoms with Gasteiger partial charge in [0.1, 0.15) is 11.8 Å². The number of nitrogens with one attached hydrogen (secondary N) is 2. The molecule has 2 atom stereocenters. The Balaban J connectivity index is 1.89. The van der Waals surface area contributed by atoms with Crippen LogP contribution in [0.2, 0.25) is 0 Å². The van der Waals surface area contributed by atoms with Crippen LogP contribution in [0.1, 0.15) is 24.2 Å². The highest BCUT2D eigenvalue weighted by Crippen LogP contribution is 2.24. The van der Waals surface area contributed by atoms with Crippen molar-refractivity contribution in [3.8, 4) is 5.75 Å². The van der Waals surface area contributed by atoms with E-state index in [0.717, 1.165) is 30.3 Å². The van der Waals surface area contributed by atoms with Gasteiger partial charge in [0, 0.05) is 23.4 Å². The van der Waals surface area contributed by atoms with Gasteiger partial charge in [-0.05, 0) is 44.2 Å². The van der Waals surface area contributed by atoms with E-state index < -0.39 is 47.0 Å². The van der Waals surface area contributed by atoms with Crippen LogP contribution < -0.4 is 15.4 Å². The summed E-state index contributed by atoms with van der Waals surface area (Å²) in [4.78, 5) is 46.7. The smallest absolute Gasteiger partial charge is 0.451 e. The average Bonchev–Trinajstić information content (AvgIpc) is 2.73. The molecule has 2 rings (SSSR count). The molecule has 0 aliphatic carbocycles. The first-order valence-corrected chi connectivity index (χ1v) is 9.28. The molecule has 0 aliphatic heterocycles. The van der Waals surface area contributed by atoms with E-state index >= 15 is 0 Å². The molecule has 0 aliphatic rings. The molecule has 2 amide bonds. The van der Waals surface area contributed by atoms with Crippen molar-refractivity contribution < 1.29 is 42.0 Å². The number of carbonyl (C=O) groups excluding carboxylic acids is 3. The number of hydrogen-bond donors (Lipinski definition) is 2. The van der Waals surface area contributed by atoms with Gasteiger partial charge in [0.15, 0.2) is 6.10 Å². The van der Waals surface area contributed by atoms with Crippen LogP contribution >= 0.6 is 0 Å². The summed E-state index contributed by atoms with van der Waals surface area (Å²) in [6, 6.07) is 7.98. The quantitative estimate of drug-likeness (QED) is 0.344. The van der Waals surface area contributed by atoms with E-state index in [1.165, 1.54) is 32.0 Å². The number of nitro benzene ring substituents is 1. The Hall–Kier alpha value is -4.16. The topological polar surface area (TPSA) is 137 Å². The van der Waals surface area contributed by atoms with Crippen LogP contribution in [0.25, 0.3) is 0 Å². The lowest BCUT2D eigenvalue weighted by molar-refractivity contribution is -0.384. The molecule has 10 nitrogen and oxygen atoms in total. The van der Waals surface area contributed by atoms with Crippen molar-refractivity contribution in [2.75, 3.05) is 5.32 Å². The van der Waals surface area contributed by atoms with E-state index in [4.69, 9.17) is 4.74 Å². The van der Waals surface area contributed by atoms with Gasteiger partial charge in [-0.1, -0.05) is 6.07 Å². The predicted molar refractivity (Wildman–Crippen MR) is 107 cm³/mol. The Bertz CT molecular complexity index is 1040. The normalized spacial score (nSPS) is 12.8. The summed E-state index contributed by atoms with van der Waals surface area (Å²) in [5, 5.41) is 15.5. The van der Waals surface area contributed by atoms with E-state index in [2.05, 4.69) is 15.4 Å². The summed E-state index contributed by atoms with van der Waals surface area (Å²) in [6.45, 7) is 2.55. The molecule has 0 spiro atoms. The third-order valence-corrected chi connectivity index (χ3v) is 4.04. The summed E-state index contributed by atoms with van der Waals surface area (Å²) in [5.41, 5.74) is -0.224. The molecule has 0 saturated heterocycles. The summed E-state index contributed by atoms with van der Waals surface area (Å²) in [5.74, 6) is -2.97. The monoisotopic (exact) mass is 469 g/mol. The van der Waals surface area contributed by atoms with Crippen molar-refractivity contribution in [2.24, 2.45) is 0 Å². The average molecular weight is 469 g/mol. The summed E-state index contributed by atoms with van der Waals surface area (Å²) in [6.07, 6.45) is -6.16. The van der Waals surface area contributed by atoms with Gasteiger partial charge in [-0.15, -0.1) is 13.2 Å². The van der Waals surface area contributed by atoms with E-state index in [-0.39, 0.29) is 16.9 Å². The number of rotatable bonds is 8. The van der Waals surface area contributed by atoms with Crippen molar-refractivity contribution >= 4 is 29.2 Å².